The Bertz CT molecular complexity index is 1250. The second-order valence-corrected chi connectivity index (χ2v) is 7.73. The number of ether oxygens (including phenoxy) is 2. The molecule has 0 fully saturated rings. The van der Waals surface area contributed by atoms with Crippen LogP contribution < -0.4 is 0 Å². The summed E-state index contributed by atoms with van der Waals surface area (Å²) in [5.74, 6) is -0.333. The molecule has 0 amide bonds. The Morgan fingerprint density at radius 1 is 0.939 bits per heavy atom. The lowest BCUT2D eigenvalue weighted by Gasteiger charge is -2.15. The number of hydrogen-bond donors (Lipinski definition) is 1. The quantitative estimate of drug-likeness (QED) is 0.356. The van der Waals surface area contributed by atoms with Crippen LogP contribution >= 0.6 is 0 Å². The topological polar surface area (TPSA) is 81.8 Å². The standard InChI is InChI=1S/C27H25NO5/c1-18-22(20-8-4-3-5-9-20)11-12-23(24(18)16-31-2)26-14-25(28-33-26)21-10-6-7-19(13-21)15-32-17-27(29)30/h3-14H,15-17H2,1-2H3,(H,29,30). The molecule has 0 spiro atoms. The molecule has 0 aliphatic rings. The van der Waals surface area contributed by atoms with Gasteiger partial charge in [0.25, 0.3) is 0 Å². The number of aromatic nitrogens is 1. The van der Waals surface area contributed by atoms with Crippen molar-refractivity contribution in [2.45, 2.75) is 20.1 Å². The van der Waals surface area contributed by atoms with Gasteiger partial charge in [0.05, 0.1) is 13.2 Å². The maximum atomic E-state index is 10.7. The van der Waals surface area contributed by atoms with Gasteiger partial charge in [0, 0.05) is 24.3 Å². The monoisotopic (exact) mass is 443 g/mol. The number of carboxylic acids is 1. The van der Waals surface area contributed by atoms with Crippen molar-refractivity contribution in [3.63, 3.8) is 0 Å². The number of carboxylic acid groups (broad SMARTS) is 1. The molecular weight excluding hydrogens is 418 g/mol. The molecule has 0 saturated carbocycles. The van der Waals surface area contributed by atoms with Crippen LogP contribution in [0.5, 0.6) is 0 Å². The number of carbonyl (C=O) groups is 1. The summed E-state index contributed by atoms with van der Waals surface area (Å²) in [5, 5.41) is 13.0. The first-order valence-corrected chi connectivity index (χ1v) is 10.6. The molecule has 0 radical (unpaired) electrons. The molecule has 6 heteroatoms. The zero-order valence-corrected chi connectivity index (χ0v) is 18.6. The summed E-state index contributed by atoms with van der Waals surface area (Å²) in [6.45, 7) is 2.42. The van der Waals surface area contributed by atoms with E-state index in [4.69, 9.17) is 19.1 Å². The molecule has 0 unspecified atom stereocenters. The molecule has 0 saturated heterocycles. The van der Waals surface area contributed by atoms with E-state index in [1.54, 1.807) is 7.11 Å². The number of hydrogen-bond acceptors (Lipinski definition) is 5. The fourth-order valence-electron chi connectivity index (χ4n) is 3.86. The molecule has 0 bridgehead atoms. The van der Waals surface area contributed by atoms with E-state index < -0.39 is 5.97 Å². The number of methoxy groups -OCH3 is 1. The lowest BCUT2D eigenvalue weighted by atomic mass is 9.92. The first kappa shape index (κ1) is 22.5. The molecule has 1 aromatic heterocycles. The minimum absolute atomic E-state index is 0.211. The molecule has 3 aromatic carbocycles. The van der Waals surface area contributed by atoms with E-state index in [1.807, 2.05) is 54.6 Å². The maximum Gasteiger partial charge on any atom is 0.329 e. The van der Waals surface area contributed by atoms with Gasteiger partial charge >= 0.3 is 5.97 Å². The number of nitrogens with zero attached hydrogens (tertiary/aromatic N) is 1. The SMILES string of the molecule is COCc1c(-c2cc(-c3cccc(COCC(=O)O)c3)no2)ccc(-c2ccccc2)c1C. The lowest BCUT2D eigenvalue weighted by Crippen LogP contribution is -2.06. The second-order valence-electron chi connectivity index (χ2n) is 7.73. The molecular formula is C27H25NO5. The van der Waals surface area contributed by atoms with Crippen LogP contribution in [0.1, 0.15) is 16.7 Å². The predicted molar refractivity (Wildman–Crippen MR) is 126 cm³/mol. The van der Waals surface area contributed by atoms with Crippen molar-refractivity contribution in [3.8, 4) is 33.7 Å². The fraction of sp³-hybridized carbons (Fsp3) is 0.185. The summed E-state index contributed by atoms with van der Waals surface area (Å²) in [4.78, 5) is 10.7. The van der Waals surface area contributed by atoms with Gasteiger partial charge in [0.1, 0.15) is 12.3 Å². The molecule has 6 nitrogen and oxygen atoms in total. The van der Waals surface area contributed by atoms with Gasteiger partial charge in [-0.3, -0.25) is 0 Å². The van der Waals surface area contributed by atoms with Crippen molar-refractivity contribution in [2.24, 2.45) is 0 Å². The van der Waals surface area contributed by atoms with E-state index in [1.165, 1.54) is 0 Å². The highest BCUT2D eigenvalue weighted by molar-refractivity contribution is 5.77. The predicted octanol–water partition coefficient (Wildman–Crippen LogP) is 5.73. The van der Waals surface area contributed by atoms with Gasteiger partial charge in [-0.1, -0.05) is 65.8 Å². The summed E-state index contributed by atoms with van der Waals surface area (Å²) < 4.78 is 16.4. The van der Waals surface area contributed by atoms with E-state index in [9.17, 15) is 4.79 Å². The van der Waals surface area contributed by atoms with Crippen molar-refractivity contribution in [3.05, 3.63) is 89.5 Å². The van der Waals surface area contributed by atoms with Crippen molar-refractivity contribution < 1.29 is 23.9 Å². The Labute approximate surface area is 192 Å². The van der Waals surface area contributed by atoms with Crippen molar-refractivity contribution in [1.82, 2.24) is 5.16 Å². The normalized spacial score (nSPS) is 11.0. The first-order valence-electron chi connectivity index (χ1n) is 10.6. The highest BCUT2D eigenvalue weighted by Crippen LogP contribution is 2.35. The van der Waals surface area contributed by atoms with Crippen LogP contribution in [-0.2, 0) is 27.5 Å². The third-order valence-corrected chi connectivity index (χ3v) is 5.46. The van der Waals surface area contributed by atoms with Gasteiger partial charge in [-0.15, -0.1) is 0 Å². The van der Waals surface area contributed by atoms with Crippen LogP contribution in [-0.4, -0.2) is 29.9 Å². The zero-order valence-electron chi connectivity index (χ0n) is 18.6. The zero-order chi connectivity index (χ0) is 23.2. The maximum absolute atomic E-state index is 10.7. The minimum Gasteiger partial charge on any atom is -0.480 e. The van der Waals surface area contributed by atoms with Gasteiger partial charge in [-0.05, 0) is 40.8 Å². The third-order valence-electron chi connectivity index (χ3n) is 5.46. The van der Waals surface area contributed by atoms with Crippen LogP contribution in [0.2, 0.25) is 0 Å². The highest BCUT2D eigenvalue weighted by Gasteiger charge is 2.17. The van der Waals surface area contributed by atoms with Crippen LogP contribution in [0.15, 0.2) is 77.3 Å². The van der Waals surface area contributed by atoms with E-state index in [0.717, 1.165) is 38.9 Å². The lowest BCUT2D eigenvalue weighted by molar-refractivity contribution is -0.142. The smallest absolute Gasteiger partial charge is 0.329 e. The van der Waals surface area contributed by atoms with Crippen LogP contribution in [0.25, 0.3) is 33.7 Å². The van der Waals surface area contributed by atoms with Gasteiger partial charge < -0.3 is 19.1 Å². The summed E-state index contributed by atoms with van der Waals surface area (Å²) in [6, 6.07) is 23.9. The van der Waals surface area contributed by atoms with Crippen molar-refractivity contribution in [2.75, 3.05) is 13.7 Å². The highest BCUT2D eigenvalue weighted by atomic mass is 16.5. The molecule has 0 aliphatic heterocycles. The number of rotatable bonds is 9. The fourth-order valence-corrected chi connectivity index (χ4v) is 3.86. The largest absolute Gasteiger partial charge is 0.480 e. The molecule has 0 atom stereocenters. The molecule has 4 aromatic rings. The number of benzene rings is 3. The Balaban J connectivity index is 1.65. The Hall–Kier alpha value is -3.74. The van der Waals surface area contributed by atoms with E-state index in [-0.39, 0.29) is 13.2 Å². The van der Waals surface area contributed by atoms with E-state index >= 15 is 0 Å². The summed E-state index contributed by atoms with van der Waals surface area (Å²) in [5.41, 5.74) is 7.86. The van der Waals surface area contributed by atoms with Crippen LogP contribution in [0, 0.1) is 6.92 Å². The Morgan fingerprint density at radius 3 is 2.45 bits per heavy atom. The molecule has 168 valence electrons. The number of aliphatic carboxylic acids is 1. The van der Waals surface area contributed by atoms with Gasteiger partial charge in [0.2, 0.25) is 0 Å². The van der Waals surface area contributed by atoms with Gasteiger partial charge in [0.15, 0.2) is 5.76 Å². The van der Waals surface area contributed by atoms with Crippen molar-refractivity contribution in [1.29, 1.82) is 0 Å². The van der Waals surface area contributed by atoms with Crippen LogP contribution in [0.4, 0.5) is 0 Å². The summed E-state index contributed by atoms with van der Waals surface area (Å²) in [7, 11) is 1.68. The molecule has 33 heavy (non-hydrogen) atoms. The van der Waals surface area contributed by atoms with Crippen molar-refractivity contribution >= 4 is 5.97 Å². The molecule has 0 aliphatic carbocycles. The average Bonchev–Trinajstić information content (AvgIpc) is 3.31. The van der Waals surface area contributed by atoms with E-state index in [2.05, 4.69) is 30.3 Å². The molecule has 4 rings (SSSR count). The molecule has 1 heterocycles. The first-order chi connectivity index (χ1) is 16.1. The third kappa shape index (κ3) is 5.19. The van der Waals surface area contributed by atoms with Gasteiger partial charge in [-0.25, -0.2) is 4.79 Å². The van der Waals surface area contributed by atoms with Gasteiger partial charge in [-0.2, -0.15) is 0 Å². The minimum atomic E-state index is -0.993. The molecule has 1 N–H and O–H groups in total. The summed E-state index contributed by atoms with van der Waals surface area (Å²) >= 11 is 0. The second kappa shape index (κ2) is 10.3. The average molecular weight is 443 g/mol. The summed E-state index contributed by atoms with van der Waals surface area (Å²) in [6.07, 6.45) is 0. The Kier molecular flexibility index (Phi) is 6.98. The van der Waals surface area contributed by atoms with E-state index in [0.29, 0.717) is 18.1 Å². The Morgan fingerprint density at radius 2 is 1.70 bits per heavy atom. The van der Waals surface area contributed by atoms with Crippen LogP contribution in [0.3, 0.4) is 0 Å².